The Kier molecular flexibility index (Phi) is 7.75. The molecule has 2 bridgehead atoms. The summed E-state index contributed by atoms with van der Waals surface area (Å²) in [5, 5.41) is 17.9. The second-order valence-corrected chi connectivity index (χ2v) is 9.37. The van der Waals surface area contributed by atoms with Crippen LogP contribution < -0.4 is 16.0 Å². The number of carbonyl (C=O) groups is 3. The molecule has 0 radical (unpaired) electrons. The summed E-state index contributed by atoms with van der Waals surface area (Å²) < 4.78 is 5.43. The van der Waals surface area contributed by atoms with Gasteiger partial charge >= 0.3 is 6.09 Å². The third-order valence-electron chi connectivity index (χ3n) is 6.46. The number of aliphatic hydroxyl groups is 1. The zero-order valence-electron chi connectivity index (χ0n) is 17.9. The number of fused-ring (bicyclic) bond motifs is 2. The Labute approximate surface area is 178 Å². The summed E-state index contributed by atoms with van der Waals surface area (Å²) in [6.45, 7) is 4.68. The van der Waals surface area contributed by atoms with Crippen molar-refractivity contribution in [2.75, 3.05) is 19.8 Å². The van der Waals surface area contributed by atoms with Crippen molar-refractivity contribution in [2.24, 2.45) is 29.6 Å². The number of amides is 3. The highest BCUT2D eigenvalue weighted by Gasteiger charge is 2.36. The topological polar surface area (TPSA) is 117 Å². The summed E-state index contributed by atoms with van der Waals surface area (Å²) >= 11 is 0. The lowest BCUT2D eigenvalue weighted by atomic mass is 9.95. The van der Waals surface area contributed by atoms with Crippen molar-refractivity contribution in [3.05, 3.63) is 12.2 Å². The molecule has 1 aliphatic heterocycles. The van der Waals surface area contributed by atoms with E-state index in [-0.39, 0.29) is 30.3 Å². The molecule has 3 rings (SSSR count). The third kappa shape index (κ3) is 5.97. The van der Waals surface area contributed by atoms with Gasteiger partial charge in [-0.2, -0.15) is 0 Å². The van der Waals surface area contributed by atoms with Crippen molar-refractivity contribution < 1.29 is 24.2 Å². The third-order valence-corrected chi connectivity index (χ3v) is 6.46. The Morgan fingerprint density at radius 2 is 2.07 bits per heavy atom. The first-order chi connectivity index (χ1) is 14.4. The fourth-order valence-corrected chi connectivity index (χ4v) is 4.85. The minimum absolute atomic E-state index is 0.0430. The van der Waals surface area contributed by atoms with E-state index in [2.05, 4.69) is 28.1 Å². The maximum Gasteiger partial charge on any atom is 0.407 e. The van der Waals surface area contributed by atoms with Crippen LogP contribution in [-0.2, 0) is 14.3 Å². The first kappa shape index (κ1) is 22.6. The molecule has 4 N–H and O–H groups in total. The number of aliphatic hydroxyl groups excluding tert-OH is 1. The van der Waals surface area contributed by atoms with Gasteiger partial charge in [-0.05, 0) is 49.9 Å². The minimum Gasteiger partial charge on any atom is -0.449 e. The highest BCUT2D eigenvalue weighted by molar-refractivity contribution is 5.86. The standard InChI is InChI=1S/C22H35N3O5/c1-13(2)7-19(21(28)24-18(11-26)10-16-5-6-23-20(16)27)25-22(29)30-12-17-9-14-3-4-15(17)8-14/h3-4,13-19,26H,5-12H2,1-2H3,(H,23,27)(H,24,28)(H,25,29)/t14?,15?,16-,17?,18-,19-/m0/s1. The van der Waals surface area contributed by atoms with Crippen molar-refractivity contribution in [1.29, 1.82) is 0 Å². The molecule has 8 nitrogen and oxygen atoms in total. The summed E-state index contributed by atoms with van der Waals surface area (Å²) in [6.07, 6.45) is 7.62. The summed E-state index contributed by atoms with van der Waals surface area (Å²) in [4.78, 5) is 36.9. The van der Waals surface area contributed by atoms with Crippen LogP contribution in [-0.4, -0.2) is 54.9 Å². The van der Waals surface area contributed by atoms with Crippen molar-refractivity contribution >= 4 is 17.9 Å². The van der Waals surface area contributed by atoms with E-state index in [1.54, 1.807) is 0 Å². The Morgan fingerprint density at radius 1 is 1.27 bits per heavy atom. The van der Waals surface area contributed by atoms with Crippen LogP contribution in [0.15, 0.2) is 12.2 Å². The summed E-state index contributed by atoms with van der Waals surface area (Å²) in [7, 11) is 0. The average molecular weight is 422 g/mol. The highest BCUT2D eigenvalue weighted by Crippen LogP contribution is 2.43. The number of rotatable bonds is 10. The highest BCUT2D eigenvalue weighted by atomic mass is 16.5. The Morgan fingerprint density at radius 3 is 2.63 bits per heavy atom. The molecule has 6 atom stereocenters. The summed E-state index contributed by atoms with van der Waals surface area (Å²) in [5.74, 6) is 1.04. The zero-order valence-corrected chi connectivity index (χ0v) is 17.9. The molecule has 0 aromatic carbocycles. The van der Waals surface area contributed by atoms with Crippen LogP contribution in [0, 0.1) is 29.6 Å². The quantitative estimate of drug-likeness (QED) is 0.397. The fraction of sp³-hybridized carbons (Fsp3) is 0.773. The summed E-state index contributed by atoms with van der Waals surface area (Å²) in [5.41, 5.74) is 0. The average Bonchev–Trinajstić information content (AvgIpc) is 3.42. The minimum atomic E-state index is -0.746. The van der Waals surface area contributed by atoms with Gasteiger partial charge in [0.1, 0.15) is 6.04 Å². The van der Waals surface area contributed by atoms with Gasteiger partial charge in [0.05, 0.1) is 19.3 Å². The molecule has 3 amide bonds. The van der Waals surface area contributed by atoms with E-state index in [0.29, 0.717) is 50.2 Å². The molecule has 0 spiro atoms. The van der Waals surface area contributed by atoms with Crippen molar-refractivity contribution in [1.82, 2.24) is 16.0 Å². The number of alkyl carbamates (subject to hydrolysis) is 1. The molecule has 1 heterocycles. The zero-order chi connectivity index (χ0) is 21.7. The van der Waals surface area contributed by atoms with E-state index in [1.807, 2.05) is 13.8 Å². The van der Waals surface area contributed by atoms with E-state index in [0.717, 1.165) is 12.8 Å². The molecule has 2 fully saturated rings. The van der Waals surface area contributed by atoms with Crippen molar-refractivity contribution in [2.45, 2.75) is 58.0 Å². The molecule has 168 valence electrons. The largest absolute Gasteiger partial charge is 0.449 e. The Bertz CT molecular complexity index is 665. The van der Waals surface area contributed by atoms with Crippen LogP contribution in [0.2, 0.25) is 0 Å². The van der Waals surface area contributed by atoms with Gasteiger partial charge in [-0.1, -0.05) is 26.0 Å². The number of allylic oxidation sites excluding steroid dienone is 2. The monoisotopic (exact) mass is 421 g/mol. The maximum absolute atomic E-state index is 12.8. The SMILES string of the molecule is CC(C)C[C@H](NC(=O)OCC1CC2C=CC1C2)C(=O)N[C@H](CO)C[C@@H]1CCNC1=O. The smallest absolute Gasteiger partial charge is 0.407 e. The molecular formula is C22H35N3O5. The second-order valence-electron chi connectivity index (χ2n) is 9.37. The van der Waals surface area contributed by atoms with E-state index in [1.165, 1.54) is 0 Å². The molecule has 1 saturated heterocycles. The first-order valence-electron chi connectivity index (χ1n) is 11.2. The van der Waals surface area contributed by atoms with Crippen LogP contribution in [0.1, 0.15) is 46.0 Å². The lowest BCUT2D eigenvalue weighted by molar-refractivity contribution is -0.126. The molecule has 0 aromatic heterocycles. The molecule has 8 heteroatoms. The molecule has 3 aliphatic rings. The number of hydrogen-bond donors (Lipinski definition) is 4. The van der Waals surface area contributed by atoms with Crippen molar-refractivity contribution in [3.8, 4) is 0 Å². The molecular weight excluding hydrogens is 386 g/mol. The first-order valence-corrected chi connectivity index (χ1v) is 11.2. The van der Waals surface area contributed by atoms with Crippen molar-refractivity contribution in [3.63, 3.8) is 0 Å². The van der Waals surface area contributed by atoms with Gasteiger partial charge in [0.25, 0.3) is 0 Å². The Hall–Kier alpha value is -2.09. The fourth-order valence-electron chi connectivity index (χ4n) is 4.85. The van der Waals surface area contributed by atoms with Gasteiger partial charge in [-0.25, -0.2) is 4.79 Å². The molecule has 2 aliphatic carbocycles. The normalized spacial score (nSPS) is 29.0. The molecule has 1 saturated carbocycles. The molecule has 30 heavy (non-hydrogen) atoms. The number of nitrogens with one attached hydrogen (secondary N) is 3. The number of carbonyl (C=O) groups excluding carboxylic acids is 3. The van der Waals surface area contributed by atoms with E-state index < -0.39 is 18.2 Å². The number of ether oxygens (including phenoxy) is 1. The lowest BCUT2D eigenvalue weighted by Gasteiger charge is -2.25. The second kappa shape index (κ2) is 10.3. The van der Waals surface area contributed by atoms with Crippen LogP contribution in [0.3, 0.4) is 0 Å². The van der Waals surface area contributed by atoms with Crippen LogP contribution >= 0.6 is 0 Å². The van der Waals surface area contributed by atoms with E-state index >= 15 is 0 Å². The lowest BCUT2D eigenvalue weighted by Crippen LogP contribution is -2.51. The predicted octanol–water partition coefficient (Wildman–Crippen LogP) is 1.34. The van der Waals surface area contributed by atoms with Gasteiger partial charge in [0, 0.05) is 18.4 Å². The van der Waals surface area contributed by atoms with E-state index in [9.17, 15) is 19.5 Å². The van der Waals surface area contributed by atoms with E-state index in [4.69, 9.17) is 4.74 Å². The number of hydrogen-bond acceptors (Lipinski definition) is 5. The maximum atomic E-state index is 12.8. The van der Waals surface area contributed by atoms with Crippen LogP contribution in [0.4, 0.5) is 4.79 Å². The van der Waals surface area contributed by atoms with Crippen LogP contribution in [0.25, 0.3) is 0 Å². The molecule has 3 unspecified atom stereocenters. The molecule has 0 aromatic rings. The van der Waals surface area contributed by atoms with Crippen LogP contribution in [0.5, 0.6) is 0 Å². The van der Waals surface area contributed by atoms with Gasteiger partial charge < -0.3 is 25.8 Å². The van der Waals surface area contributed by atoms with Gasteiger partial charge in [0.2, 0.25) is 11.8 Å². The van der Waals surface area contributed by atoms with Gasteiger partial charge in [0.15, 0.2) is 0 Å². The van der Waals surface area contributed by atoms with Gasteiger partial charge in [-0.15, -0.1) is 0 Å². The predicted molar refractivity (Wildman–Crippen MR) is 111 cm³/mol. The van der Waals surface area contributed by atoms with Gasteiger partial charge in [-0.3, -0.25) is 9.59 Å². The Balaban J connectivity index is 1.48. The summed E-state index contributed by atoms with van der Waals surface area (Å²) in [6, 6.07) is -1.27.